The quantitative estimate of drug-likeness (QED) is 0.355. The Morgan fingerprint density at radius 1 is 1.12 bits per heavy atom. The van der Waals surface area contributed by atoms with Gasteiger partial charge in [0, 0.05) is 17.3 Å². The monoisotopic (exact) mass is 366 g/mol. The van der Waals surface area contributed by atoms with Gasteiger partial charge in [0.15, 0.2) is 0 Å². The highest BCUT2D eigenvalue weighted by molar-refractivity contribution is 5.44. The van der Waals surface area contributed by atoms with Crippen LogP contribution in [0.15, 0.2) is 23.3 Å². The van der Waals surface area contributed by atoms with Gasteiger partial charge in [-0.25, -0.2) is 0 Å². The Labute approximate surface area is 153 Å². The molecule has 4 aliphatic carbocycles. The van der Waals surface area contributed by atoms with Crippen molar-refractivity contribution in [1.82, 2.24) is 0 Å². The number of aliphatic hydroxyl groups excluding tert-OH is 4. The molecule has 2 bridgehead atoms. The van der Waals surface area contributed by atoms with E-state index in [1.807, 2.05) is 20.8 Å². The van der Waals surface area contributed by atoms with Crippen LogP contribution >= 0.6 is 0 Å². The molecule has 2 saturated carbocycles. The number of fused-ring (bicyclic) bond motifs is 3. The molecule has 4 rings (SSSR count). The highest BCUT2D eigenvalue weighted by Gasteiger charge is 2.80. The molecule has 1 spiro atoms. The summed E-state index contributed by atoms with van der Waals surface area (Å²) in [5.74, 6) is -1.19. The minimum Gasteiger partial charge on any atom is -0.392 e. The van der Waals surface area contributed by atoms with Crippen molar-refractivity contribution >= 4 is 0 Å². The molecule has 9 atom stereocenters. The van der Waals surface area contributed by atoms with Crippen molar-refractivity contribution in [1.29, 1.82) is 0 Å². The van der Waals surface area contributed by atoms with Crippen LogP contribution in [-0.4, -0.2) is 66.8 Å². The summed E-state index contributed by atoms with van der Waals surface area (Å²) in [4.78, 5) is 0. The standard InChI is InChI=1S/C20H30O6/c1-9-6-18-10(2)7-19(25)13(17(19,3)4)12(16(18)24)5-11(8-21)15(23)20(18,26)14(9)22/h5-6,10,12-16,21-26H,7-8H2,1-4H3/t10-,12+,13-,14+,15-,16?,18+,19+,20-/m1/s1. The first-order chi connectivity index (χ1) is 11.9. The Morgan fingerprint density at radius 3 is 2.31 bits per heavy atom. The molecule has 6 heteroatoms. The van der Waals surface area contributed by atoms with Crippen LogP contribution in [0.25, 0.3) is 0 Å². The average molecular weight is 366 g/mol. The minimum atomic E-state index is -2.06. The van der Waals surface area contributed by atoms with Gasteiger partial charge in [-0.05, 0) is 30.4 Å². The smallest absolute Gasteiger partial charge is 0.136 e. The molecule has 0 aromatic heterocycles. The van der Waals surface area contributed by atoms with Crippen LogP contribution in [0.5, 0.6) is 0 Å². The van der Waals surface area contributed by atoms with Crippen LogP contribution in [0.2, 0.25) is 0 Å². The topological polar surface area (TPSA) is 121 Å². The third kappa shape index (κ3) is 1.66. The number of hydrogen-bond donors (Lipinski definition) is 6. The predicted octanol–water partition coefficient (Wildman–Crippen LogP) is -0.278. The van der Waals surface area contributed by atoms with E-state index in [1.54, 1.807) is 19.1 Å². The van der Waals surface area contributed by atoms with Crippen molar-refractivity contribution in [3.05, 3.63) is 23.3 Å². The molecule has 2 fully saturated rings. The van der Waals surface area contributed by atoms with Crippen molar-refractivity contribution in [2.75, 3.05) is 6.61 Å². The van der Waals surface area contributed by atoms with Crippen LogP contribution in [0.4, 0.5) is 0 Å². The number of aliphatic hydroxyl groups is 6. The number of rotatable bonds is 1. The SMILES string of the molecule is CC1=C[C@]23C(O)[C@@H](C=C(CO)[C@@H](O)[C@]2(O)[C@H]1O)[C@@H]1C(C)(C)[C@]1(O)C[C@H]3C. The van der Waals surface area contributed by atoms with Gasteiger partial charge in [0.05, 0.1) is 23.7 Å². The highest BCUT2D eigenvalue weighted by Crippen LogP contribution is 2.74. The van der Waals surface area contributed by atoms with Gasteiger partial charge in [-0.1, -0.05) is 32.9 Å². The Bertz CT molecular complexity index is 713. The molecular weight excluding hydrogens is 336 g/mol. The molecule has 6 N–H and O–H groups in total. The maximum atomic E-state index is 11.6. The van der Waals surface area contributed by atoms with E-state index in [0.29, 0.717) is 12.0 Å². The molecule has 0 heterocycles. The summed E-state index contributed by atoms with van der Waals surface area (Å²) in [6.07, 6.45) is -0.309. The first kappa shape index (κ1) is 18.6. The largest absolute Gasteiger partial charge is 0.392 e. The minimum absolute atomic E-state index is 0.180. The Kier molecular flexibility index (Phi) is 3.57. The lowest BCUT2D eigenvalue weighted by molar-refractivity contribution is -0.216. The number of hydrogen-bond acceptors (Lipinski definition) is 6. The fourth-order valence-electron chi connectivity index (χ4n) is 6.84. The summed E-state index contributed by atoms with van der Waals surface area (Å²) < 4.78 is 0. The first-order valence-electron chi connectivity index (χ1n) is 9.41. The van der Waals surface area contributed by atoms with Crippen molar-refractivity contribution in [2.24, 2.45) is 28.6 Å². The molecule has 1 unspecified atom stereocenters. The molecule has 0 saturated heterocycles. The van der Waals surface area contributed by atoms with Crippen LogP contribution in [0.1, 0.15) is 34.1 Å². The highest BCUT2D eigenvalue weighted by atomic mass is 16.4. The lowest BCUT2D eigenvalue weighted by atomic mass is 9.58. The second-order valence-corrected chi connectivity index (χ2v) is 9.60. The fourth-order valence-corrected chi connectivity index (χ4v) is 6.84. The molecule has 0 radical (unpaired) electrons. The van der Waals surface area contributed by atoms with Gasteiger partial charge < -0.3 is 30.6 Å². The van der Waals surface area contributed by atoms with Gasteiger partial charge in [0.2, 0.25) is 0 Å². The van der Waals surface area contributed by atoms with Gasteiger partial charge in [-0.2, -0.15) is 0 Å². The predicted molar refractivity (Wildman–Crippen MR) is 93.8 cm³/mol. The second-order valence-electron chi connectivity index (χ2n) is 9.60. The van der Waals surface area contributed by atoms with E-state index in [4.69, 9.17) is 0 Å². The summed E-state index contributed by atoms with van der Waals surface area (Å²) in [5.41, 5.74) is -4.13. The molecule has 0 aliphatic heterocycles. The van der Waals surface area contributed by atoms with Gasteiger partial charge in [-0.15, -0.1) is 0 Å². The van der Waals surface area contributed by atoms with E-state index in [9.17, 15) is 30.6 Å². The average Bonchev–Trinajstić information content (AvgIpc) is 2.95. The molecule has 0 amide bonds. The van der Waals surface area contributed by atoms with E-state index < -0.39 is 58.8 Å². The molecule has 146 valence electrons. The van der Waals surface area contributed by atoms with E-state index >= 15 is 0 Å². The van der Waals surface area contributed by atoms with Crippen LogP contribution < -0.4 is 0 Å². The normalized spacial score (nSPS) is 57.3. The Morgan fingerprint density at radius 2 is 1.73 bits per heavy atom. The molecule has 6 nitrogen and oxygen atoms in total. The van der Waals surface area contributed by atoms with Crippen molar-refractivity contribution < 1.29 is 30.6 Å². The van der Waals surface area contributed by atoms with Gasteiger partial charge in [0.25, 0.3) is 0 Å². The third-order valence-corrected chi connectivity index (χ3v) is 8.36. The van der Waals surface area contributed by atoms with Crippen LogP contribution in [0.3, 0.4) is 0 Å². The molecule has 0 aromatic rings. The van der Waals surface area contributed by atoms with Crippen molar-refractivity contribution in [3.8, 4) is 0 Å². The zero-order valence-electron chi connectivity index (χ0n) is 15.7. The molecular formula is C20H30O6. The van der Waals surface area contributed by atoms with Crippen LogP contribution in [-0.2, 0) is 0 Å². The molecule has 26 heavy (non-hydrogen) atoms. The van der Waals surface area contributed by atoms with E-state index in [-0.39, 0.29) is 11.5 Å². The Hall–Kier alpha value is -0.760. The summed E-state index contributed by atoms with van der Waals surface area (Å²) in [6.45, 7) is 6.94. The van der Waals surface area contributed by atoms with Crippen LogP contribution in [0, 0.1) is 28.6 Å². The summed E-state index contributed by atoms with van der Waals surface area (Å²) in [5, 5.41) is 66.0. The Balaban J connectivity index is 2.01. The molecule has 4 aliphatic rings. The lowest BCUT2D eigenvalue weighted by Gasteiger charge is -2.51. The second kappa shape index (κ2) is 4.99. The lowest BCUT2D eigenvalue weighted by Crippen LogP contribution is -2.66. The third-order valence-electron chi connectivity index (χ3n) is 8.36. The summed E-state index contributed by atoms with van der Waals surface area (Å²) in [6, 6.07) is 0. The fraction of sp³-hybridized carbons (Fsp3) is 0.800. The molecule has 0 aromatic carbocycles. The summed E-state index contributed by atoms with van der Waals surface area (Å²) >= 11 is 0. The first-order valence-corrected chi connectivity index (χ1v) is 9.41. The maximum Gasteiger partial charge on any atom is 0.136 e. The zero-order chi connectivity index (χ0) is 19.4. The van der Waals surface area contributed by atoms with Gasteiger partial charge in [0.1, 0.15) is 17.8 Å². The van der Waals surface area contributed by atoms with Crippen molar-refractivity contribution in [2.45, 2.75) is 63.6 Å². The zero-order valence-corrected chi connectivity index (χ0v) is 15.7. The van der Waals surface area contributed by atoms with E-state index in [2.05, 4.69) is 0 Å². The van der Waals surface area contributed by atoms with E-state index in [1.165, 1.54) is 0 Å². The van der Waals surface area contributed by atoms with Crippen molar-refractivity contribution in [3.63, 3.8) is 0 Å². The van der Waals surface area contributed by atoms with E-state index in [0.717, 1.165) is 0 Å². The van der Waals surface area contributed by atoms with Gasteiger partial charge in [-0.3, -0.25) is 0 Å². The maximum absolute atomic E-state index is 11.6. The van der Waals surface area contributed by atoms with Gasteiger partial charge >= 0.3 is 0 Å². The summed E-state index contributed by atoms with van der Waals surface area (Å²) in [7, 11) is 0.